The van der Waals surface area contributed by atoms with E-state index in [4.69, 9.17) is 23.2 Å². The average Bonchev–Trinajstić information content (AvgIpc) is 3.19. The van der Waals surface area contributed by atoms with Gasteiger partial charge in [0.2, 0.25) is 0 Å². The van der Waals surface area contributed by atoms with Crippen LogP contribution in [0.15, 0.2) is 78.0 Å². The fourth-order valence-corrected chi connectivity index (χ4v) is 3.37. The van der Waals surface area contributed by atoms with E-state index in [0.29, 0.717) is 16.6 Å². The highest BCUT2D eigenvalue weighted by Crippen LogP contribution is 2.21. The Bertz CT molecular complexity index is 1220. The standard InChI is InChI=1S/C22H16Cl2N4O/c23-19-8-7-18(20(24)12-19)14-28-10-9-21(27-28)22(29)26-25-13-15-5-6-16-3-1-2-4-17(16)11-15/h1-13H,14H2,(H,26,29). The van der Waals surface area contributed by atoms with Crippen LogP contribution in [0.4, 0.5) is 0 Å². The number of fused-ring (bicyclic) bond motifs is 1. The molecular formula is C22H16Cl2N4O. The molecule has 0 unspecified atom stereocenters. The highest BCUT2D eigenvalue weighted by molar-refractivity contribution is 6.35. The molecule has 7 heteroatoms. The van der Waals surface area contributed by atoms with Gasteiger partial charge in [0.25, 0.3) is 5.91 Å². The maximum atomic E-state index is 12.3. The van der Waals surface area contributed by atoms with E-state index in [0.717, 1.165) is 21.9 Å². The molecule has 0 atom stereocenters. The van der Waals surface area contributed by atoms with Gasteiger partial charge in [0.05, 0.1) is 12.8 Å². The van der Waals surface area contributed by atoms with E-state index in [1.54, 1.807) is 35.3 Å². The van der Waals surface area contributed by atoms with E-state index in [1.165, 1.54) is 0 Å². The minimum absolute atomic E-state index is 0.269. The monoisotopic (exact) mass is 422 g/mol. The Morgan fingerprint density at radius 1 is 1.03 bits per heavy atom. The van der Waals surface area contributed by atoms with Crippen LogP contribution in [0.1, 0.15) is 21.6 Å². The van der Waals surface area contributed by atoms with E-state index >= 15 is 0 Å². The molecule has 0 saturated heterocycles. The molecule has 0 aliphatic heterocycles. The quantitative estimate of drug-likeness (QED) is 0.356. The van der Waals surface area contributed by atoms with Gasteiger partial charge in [-0.25, -0.2) is 5.43 Å². The first-order valence-corrected chi connectivity index (χ1v) is 9.64. The molecule has 1 N–H and O–H groups in total. The van der Waals surface area contributed by atoms with Crippen molar-refractivity contribution in [3.05, 3.63) is 99.8 Å². The molecule has 0 spiro atoms. The fourth-order valence-electron chi connectivity index (χ4n) is 2.91. The van der Waals surface area contributed by atoms with Crippen LogP contribution in [0.25, 0.3) is 10.8 Å². The van der Waals surface area contributed by atoms with E-state index in [9.17, 15) is 4.79 Å². The summed E-state index contributed by atoms with van der Waals surface area (Å²) in [4.78, 5) is 12.3. The van der Waals surface area contributed by atoms with E-state index in [-0.39, 0.29) is 11.6 Å². The Morgan fingerprint density at radius 2 is 1.86 bits per heavy atom. The predicted octanol–water partition coefficient (Wildman–Crippen LogP) is 5.16. The second kappa shape index (κ2) is 8.47. The number of benzene rings is 3. The molecule has 5 nitrogen and oxygen atoms in total. The van der Waals surface area contributed by atoms with Crippen LogP contribution in [0.3, 0.4) is 0 Å². The largest absolute Gasteiger partial charge is 0.291 e. The number of amides is 1. The Kier molecular flexibility index (Phi) is 5.60. The molecule has 4 aromatic rings. The Hall–Kier alpha value is -3.15. The Labute approximate surface area is 177 Å². The topological polar surface area (TPSA) is 59.3 Å². The van der Waals surface area contributed by atoms with Crippen molar-refractivity contribution in [1.82, 2.24) is 15.2 Å². The number of carbonyl (C=O) groups excluding carboxylic acids is 1. The lowest BCUT2D eigenvalue weighted by molar-refractivity contribution is 0.0949. The highest BCUT2D eigenvalue weighted by Gasteiger charge is 2.10. The zero-order valence-corrected chi connectivity index (χ0v) is 16.7. The van der Waals surface area contributed by atoms with Crippen molar-refractivity contribution in [2.75, 3.05) is 0 Å². The molecule has 144 valence electrons. The molecular weight excluding hydrogens is 407 g/mol. The number of carbonyl (C=O) groups is 1. The molecule has 1 heterocycles. The van der Waals surface area contributed by atoms with Crippen LogP contribution in [0, 0.1) is 0 Å². The molecule has 1 amide bonds. The van der Waals surface area contributed by atoms with Gasteiger partial charge in [-0.15, -0.1) is 0 Å². The van der Waals surface area contributed by atoms with Gasteiger partial charge < -0.3 is 0 Å². The number of halogens is 2. The maximum absolute atomic E-state index is 12.3. The number of nitrogens with zero attached hydrogens (tertiary/aromatic N) is 3. The molecule has 29 heavy (non-hydrogen) atoms. The number of nitrogens with one attached hydrogen (secondary N) is 1. The van der Waals surface area contributed by atoms with E-state index in [2.05, 4.69) is 15.6 Å². The minimum atomic E-state index is -0.386. The van der Waals surface area contributed by atoms with E-state index < -0.39 is 0 Å². The molecule has 3 aromatic carbocycles. The van der Waals surface area contributed by atoms with Gasteiger partial charge in [-0.3, -0.25) is 9.48 Å². The number of aromatic nitrogens is 2. The molecule has 0 radical (unpaired) electrons. The van der Waals surface area contributed by atoms with Crippen molar-refractivity contribution in [3.63, 3.8) is 0 Å². The second-order valence-corrected chi connectivity index (χ2v) is 7.28. The zero-order chi connectivity index (χ0) is 20.2. The average molecular weight is 423 g/mol. The van der Waals surface area contributed by atoms with Gasteiger partial charge in [0.15, 0.2) is 5.69 Å². The highest BCUT2D eigenvalue weighted by atomic mass is 35.5. The first kappa shape index (κ1) is 19.2. The summed E-state index contributed by atoms with van der Waals surface area (Å²) in [6.07, 6.45) is 3.32. The number of hydrogen-bond donors (Lipinski definition) is 1. The third-order valence-electron chi connectivity index (χ3n) is 4.37. The molecule has 1 aromatic heterocycles. The van der Waals surface area contributed by atoms with Crippen LogP contribution < -0.4 is 5.43 Å². The van der Waals surface area contributed by atoms with Gasteiger partial charge in [-0.1, -0.05) is 65.7 Å². The third kappa shape index (κ3) is 4.65. The number of hydrogen-bond acceptors (Lipinski definition) is 3. The van der Waals surface area contributed by atoms with Gasteiger partial charge >= 0.3 is 0 Å². The summed E-state index contributed by atoms with van der Waals surface area (Å²) in [5.41, 5.74) is 4.53. The lowest BCUT2D eigenvalue weighted by Gasteiger charge is -2.05. The summed E-state index contributed by atoms with van der Waals surface area (Å²) >= 11 is 12.1. The zero-order valence-electron chi connectivity index (χ0n) is 15.2. The van der Waals surface area contributed by atoms with E-state index in [1.807, 2.05) is 48.5 Å². The summed E-state index contributed by atoms with van der Waals surface area (Å²) in [5, 5.41) is 11.7. The first-order valence-electron chi connectivity index (χ1n) is 8.88. The minimum Gasteiger partial charge on any atom is -0.267 e. The maximum Gasteiger partial charge on any atom is 0.291 e. The summed E-state index contributed by atoms with van der Waals surface area (Å²) in [6.45, 7) is 0.434. The molecule has 0 saturated carbocycles. The van der Waals surface area contributed by atoms with Crippen LogP contribution in [0.2, 0.25) is 10.0 Å². The van der Waals surface area contributed by atoms with Gasteiger partial charge in [-0.2, -0.15) is 10.2 Å². The van der Waals surface area contributed by atoms with Crippen LogP contribution in [-0.2, 0) is 6.54 Å². The van der Waals surface area contributed by atoms with Crippen molar-refractivity contribution in [2.45, 2.75) is 6.54 Å². The number of hydrazone groups is 1. The van der Waals surface area contributed by atoms with Crippen molar-refractivity contribution < 1.29 is 4.79 Å². The third-order valence-corrected chi connectivity index (χ3v) is 4.96. The number of rotatable bonds is 5. The molecule has 4 rings (SSSR count). The summed E-state index contributed by atoms with van der Waals surface area (Å²) in [5.74, 6) is -0.386. The first-order chi connectivity index (χ1) is 14.1. The van der Waals surface area contributed by atoms with Crippen molar-refractivity contribution in [3.8, 4) is 0 Å². The SMILES string of the molecule is O=C(NN=Cc1ccc2ccccc2c1)c1ccn(Cc2ccc(Cl)cc2Cl)n1. The van der Waals surface area contributed by atoms with Gasteiger partial charge in [0, 0.05) is 16.2 Å². The predicted molar refractivity (Wildman–Crippen MR) is 117 cm³/mol. The van der Waals surface area contributed by atoms with Crippen molar-refractivity contribution >= 4 is 46.1 Å². The van der Waals surface area contributed by atoms with Crippen molar-refractivity contribution in [1.29, 1.82) is 0 Å². The smallest absolute Gasteiger partial charge is 0.267 e. The fraction of sp³-hybridized carbons (Fsp3) is 0.0455. The van der Waals surface area contributed by atoms with Gasteiger partial charge in [0.1, 0.15) is 0 Å². The molecule has 0 fully saturated rings. The Morgan fingerprint density at radius 3 is 2.69 bits per heavy atom. The normalized spacial score (nSPS) is 11.2. The summed E-state index contributed by atoms with van der Waals surface area (Å²) in [7, 11) is 0. The summed E-state index contributed by atoms with van der Waals surface area (Å²) < 4.78 is 1.64. The molecule has 0 aliphatic rings. The van der Waals surface area contributed by atoms with Crippen LogP contribution >= 0.6 is 23.2 Å². The van der Waals surface area contributed by atoms with Crippen LogP contribution in [0.5, 0.6) is 0 Å². The van der Waals surface area contributed by atoms with Gasteiger partial charge in [-0.05, 0) is 46.2 Å². The lowest BCUT2D eigenvalue weighted by atomic mass is 10.1. The molecule has 0 aliphatic carbocycles. The molecule has 0 bridgehead atoms. The van der Waals surface area contributed by atoms with Crippen LogP contribution in [-0.4, -0.2) is 21.9 Å². The Balaban J connectivity index is 1.40. The lowest BCUT2D eigenvalue weighted by Crippen LogP contribution is -2.18. The summed E-state index contributed by atoms with van der Waals surface area (Å²) in [6, 6.07) is 20.9. The second-order valence-electron chi connectivity index (χ2n) is 6.44. The van der Waals surface area contributed by atoms with Crippen molar-refractivity contribution in [2.24, 2.45) is 5.10 Å².